The second kappa shape index (κ2) is 10.3. The van der Waals surface area contributed by atoms with E-state index < -0.39 is 23.6 Å². The van der Waals surface area contributed by atoms with E-state index in [1.165, 1.54) is 41.3 Å². The van der Waals surface area contributed by atoms with Gasteiger partial charge < -0.3 is 5.32 Å². The molecule has 1 atom stereocenters. The van der Waals surface area contributed by atoms with E-state index in [1.807, 2.05) is 0 Å². The van der Waals surface area contributed by atoms with Gasteiger partial charge >= 0.3 is 0 Å². The third kappa shape index (κ3) is 5.39. The van der Waals surface area contributed by atoms with Crippen molar-refractivity contribution in [1.29, 1.82) is 0 Å². The highest BCUT2D eigenvalue weighted by Crippen LogP contribution is 2.25. The van der Waals surface area contributed by atoms with Crippen LogP contribution in [0.2, 0.25) is 5.02 Å². The van der Waals surface area contributed by atoms with Crippen LogP contribution in [0.3, 0.4) is 0 Å². The van der Waals surface area contributed by atoms with Crippen LogP contribution in [0.1, 0.15) is 32.6 Å². The molecule has 0 bridgehead atoms. The van der Waals surface area contributed by atoms with Gasteiger partial charge in [-0.25, -0.2) is 8.78 Å². The minimum atomic E-state index is -0.894. The lowest BCUT2D eigenvalue weighted by molar-refractivity contribution is -0.127. The number of hydrogen-bond donors (Lipinski definition) is 1. The SMILES string of the molecule is CC(C(=O)NC1CCCC1)N(C(=O)Cn1nnc(-c2ccc(F)cc2)n1)c1ccc(F)c(Cl)c1. The Morgan fingerprint density at radius 3 is 2.56 bits per heavy atom. The largest absolute Gasteiger partial charge is 0.352 e. The fourth-order valence-electron chi connectivity index (χ4n) is 3.95. The highest BCUT2D eigenvalue weighted by molar-refractivity contribution is 6.31. The number of hydrogen-bond acceptors (Lipinski definition) is 5. The van der Waals surface area contributed by atoms with Crippen LogP contribution in [0.5, 0.6) is 0 Å². The van der Waals surface area contributed by atoms with Gasteiger partial charge in [-0.1, -0.05) is 24.4 Å². The van der Waals surface area contributed by atoms with Crippen molar-refractivity contribution >= 4 is 29.1 Å². The third-order valence-electron chi connectivity index (χ3n) is 5.75. The average molecular weight is 489 g/mol. The minimum absolute atomic E-state index is 0.0685. The Morgan fingerprint density at radius 2 is 1.88 bits per heavy atom. The Hall–Kier alpha value is -3.40. The molecule has 8 nitrogen and oxygen atoms in total. The molecule has 178 valence electrons. The third-order valence-corrected chi connectivity index (χ3v) is 6.04. The summed E-state index contributed by atoms with van der Waals surface area (Å²) in [6.07, 6.45) is 3.88. The molecular formula is C23H23ClF2N6O2. The number of carbonyl (C=O) groups excluding carboxylic acids is 2. The minimum Gasteiger partial charge on any atom is -0.352 e. The summed E-state index contributed by atoms with van der Waals surface area (Å²) >= 11 is 5.95. The summed E-state index contributed by atoms with van der Waals surface area (Å²) in [6, 6.07) is 8.54. The molecule has 1 saturated carbocycles. The highest BCUT2D eigenvalue weighted by atomic mass is 35.5. The summed E-state index contributed by atoms with van der Waals surface area (Å²) in [7, 11) is 0. The monoisotopic (exact) mass is 488 g/mol. The number of benzene rings is 2. The summed E-state index contributed by atoms with van der Waals surface area (Å²) in [4.78, 5) is 28.6. The molecule has 1 aliphatic rings. The van der Waals surface area contributed by atoms with E-state index >= 15 is 0 Å². The maximum Gasteiger partial charge on any atom is 0.251 e. The van der Waals surface area contributed by atoms with Gasteiger partial charge in [-0.15, -0.1) is 10.2 Å². The lowest BCUT2D eigenvalue weighted by Gasteiger charge is -2.29. The first-order valence-corrected chi connectivity index (χ1v) is 11.3. The second-order valence-corrected chi connectivity index (χ2v) is 8.59. The van der Waals surface area contributed by atoms with Gasteiger partial charge in [0.15, 0.2) is 0 Å². The number of aromatic nitrogens is 4. The summed E-state index contributed by atoms with van der Waals surface area (Å²) in [5, 5.41) is 14.8. The Morgan fingerprint density at radius 1 is 1.18 bits per heavy atom. The van der Waals surface area contributed by atoms with Crippen LogP contribution in [-0.4, -0.2) is 44.1 Å². The van der Waals surface area contributed by atoms with Crippen LogP contribution < -0.4 is 10.2 Å². The molecular weight excluding hydrogens is 466 g/mol. The predicted octanol–water partition coefficient (Wildman–Crippen LogP) is 3.75. The van der Waals surface area contributed by atoms with Gasteiger partial charge in [0.05, 0.1) is 5.02 Å². The van der Waals surface area contributed by atoms with Crippen LogP contribution >= 0.6 is 11.6 Å². The van der Waals surface area contributed by atoms with Crippen molar-refractivity contribution in [1.82, 2.24) is 25.5 Å². The van der Waals surface area contributed by atoms with Gasteiger partial charge in [-0.2, -0.15) is 4.80 Å². The van der Waals surface area contributed by atoms with Gasteiger partial charge in [0.25, 0.3) is 5.91 Å². The van der Waals surface area contributed by atoms with Crippen molar-refractivity contribution in [2.45, 2.75) is 51.2 Å². The number of amides is 2. The van der Waals surface area contributed by atoms with Crippen molar-refractivity contribution in [2.24, 2.45) is 0 Å². The number of nitrogens with one attached hydrogen (secondary N) is 1. The van der Waals surface area contributed by atoms with E-state index in [9.17, 15) is 18.4 Å². The summed E-state index contributed by atoms with van der Waals surface area (Å²) < 4.78 is 26.9. The molecule has 2 aromatic carbocycles. The number of nitrogens with zero attached hydrogens (tertiary/aromatic N) is 5. The number of halogens is 3. The molecule has 2 amide bonds. The smallest absolute Gasteiger partial charge is 0.251 e. The fourth-order valence-corrected chi connectivity index (χ4v) is 4.12. The Bertz CT molecular complexity index is 1180. The molecule has 1 aromatic heterocycles. The number of carbonyl (C=O) groups is 2. The molecule has 34 heavy (non-hydrogen) atoms. The van der Waals surface area contributed by atoms with Crippen LogP contribution in [0.4, 0.5) is 14.5 Å². The molecule has 1 N–H and O–H groups in total. The Labute approximate surface area is 199 Å². The quantitative estimate of drug-likeness (QED) is 0.546. The van der Waals surface area contributed by atoms with Crippen LogP contribution in [0.15, 0.2) is 42.5 Å². The summed E-state index contributed by atoms with van der Waals surface area (Å²) in [6.45, 7) is 1.27. The normalized spacial score (nSPS) is 14.7. The molecule has 3 aromatic rings. The van der Waals surface area contributed by atoms with Gasteiger partial charge in [0, 0.05) is 17.3 Å². The highest BCUT2D eigenvalue weighted by Gasteiger charge is 2.30. The first kappa shape index (κ1) is 23.7. The first-order valence-electron chi connectivity index (χ1n) is 10.9. The van der Waals surface area contributed by atoms with E-state index in [2.05, 4.69) is 20.7 Å². The van der Waals surface area contributed by atoms with Gasteiger partial charge in [-0.3, -0.25) is 14.5 Å². The van der Waals surface area contributed by atoms with E-state index in [-0.39, 0.29) is 35.0 Å². The van der Waals surface area contributed by atoms with Gasteiger partial charge in [0.2, 0.25) is 11.7 Å². The van der Waals surface area contributed by atoms with E-state index in [1.54, 1.807) is 6.92 Å². The fraction of sp³-hybridized carbons (Fsp3) is 0.348. The second-order valence-electron chi connectivity index (χ2n) is 8.18. The molecule has 1 unspecified atom stereocenters. The van der Waals surface area contributed by atoms with E-state index in [0.717, 1.165) is 36.5 Å². The number of tetrazole rings is 1. The Kier molecular flexibility index (Phi) is 7.16. The zero-order chi connectivity index (χ0) is 24.2. The lowest BCUT2D eigenvalue weighted by Crippen LogP contribution is -2.51. The maximum absolute atomic E-state index is 13.8. The number of rotatable bonds is 7. The van der Waals surface area contributed by atoms with E-state index in [0.29, 0.717) is 5.56 Å². The molecule has 0 aliphatic heterocycles. The molecule has 1 fully saturated rings. The standard InChI is InChI=1S/C23H23ClF2N6O2/c1-14(23(34)27-17-4-2-3-5-17)32(18-10-11-20(26)19(24)12-18)21(33)13-31-29-22(28-30-31)15-6-8-16(25)9-7-15/h6-12,14,17H,2-5,13H2,1H3,(H,27,34). The molecule has 1 heterocycles. The topological polar surface area (TPSA) is 93.0 Å². The van der Waals surface area contributed by atoms with Crippen LogP contribution in [0, 0.1) is 11.6 Å². The van der Waals surface area contributed by atoms with Crippen LogP contribution in [-0.2, 0) is 16.1 Å². The predicted molar refractivity (Wildman–Crippen MR) is 122 cm³/mol. The molecule has 0 saturated heterocycles. The molecule has 0 spiro atoms. The number of anilines is 1. The summed E-state index contributed by atoms with van der Waals surface area (Å²) in [5.74, 6) is -1.65. The van der Waals surface area contributed by atoms with Crippen molar-refractivity contribution in [3.05, 3.63) is 59.1 Å². The van der Waals surface area contributed by atoms with Gasteiger partial charge in [-0.05, 0) is 67.4 Å². The zero-order valence-corrected chi connectivity index (χ0v) is 19.2. The van der Waals surface area contributed by atoms with Crippen molar-refractivity contribution in [3.8, 4) is 11.4 Å². The summed E-state index contributed by atoms with van der Waals surface area (Å²) in [5.41, 5.74) is 0.802. The van der Waals surface area contributed by atoms with Crippen molar-refractivity contribution < 1.29 is 18.4 Å². The molecule has 11 heteroatoms. The van der Waals surface area contributed by atoms with Gasteiger partial charge in [0.1, 0.15) is 24.2 Å². The van der Waals surface area contributed by atoms with Crippen LogP contribution in [0.25, 0.3) is 11.4 Å². The van der Waals surface area contributed by atoms with E-state index in [4.69, 9.17) is 11.6 Å². The van der Waals surface area contributed by atoms with Crippen molar-refractivity contribution in [2.75, 3.05) is 4.90 Å². The Balaban J connectivity index is 1.56. The lowest BCUT2D eigenvalue weighted by atomic mass is 10.1. The van der Waals surface area contributed by atoms with Crippen molar-refractivity contribution in [3.63, 3.8) is 0 Å². The molecule has 4 rings (SSSR count). The average Bonchev–Trinajstić information content (AvgIpc) is 3.49. The zero-order valence-electron chi connectivity index (χ0n) is 18.4. The maximum atomic E-state index is 13.8. The molecule has 1 aliphatic carbocycles. The molecule has 0 radical (unpaired) electrons. The first-order chi connectivity index (χ1) is 16.3.